The zero-order valence-electron chi connectivity index (χ0n) is 20.9. The molecular weight excluding hydrogens is 474 g/mol. The molecule has 7 heteroatoms. The maximum Gasteiger partial charge on any atom is 0.306 e. The Morgan fingerprint density at radius 3 is 2.49 bits per heavy atom. The number of esters is 1. The second-order valence-corrected chi connectivity index (χ2v) is 10.4. The highest BCUT2D eigenvalue weighted by molar-refractivity contribution is 6.32. The summed E-state index contributed by atoms with van der Waals surface area (Å²) in [7, 11) is 0. The van der Waals surface area contributed by atoms with Gasteiger partial charge < -0.3 is 4.74 Å². The van der Waals surface area contributed by atoms with Gasteiger partial charge in [0.05, 0.1) is 5.38 Å². The fourth-order valence-corrected chi connectivity index (χ4v) is 5.29. The Bertz CT molecular complexity index is 814. The fraction of sp³-hybridized carbons (Fsp3) is 0.679. The third-order valence-corrected chi connectivity index (χ3v) is 7.42. The number of benzene rings is 1. The first kappa shape index (κ1) is 29.4. The molecule has 0 saturated heterocycles. The van der Waals surface area contributed by atoms with Crippen molar-refractivity contribution in [1.82, 2.24) is 0 Å². The van der Waals surface area contributed by atoms with Crippen LogP contribution in [0.25, 0.3) is 0 Å². The second-order valence-electron chi connectivity index (χ2n) is 9.89. The summed E-state index contributed by atoms with van der Waals surface area (Å²) in [6.45, 7) is 4.01. The molecule has 1 aromatic rings. The number of carbonyl (C=O) groups excluding carboxylic acids is 3. The number of rotatable bonds is 16. The number of alkyl halides is 3. The molecule has 1 aromatic carbocycles. The summed E-state index contributed by atoms with van der Waals surface area (Å²) >= 11 is 6.17. The van der Waals surface area contributed by atoms with Gasteiger partial charge in [-0.15, -0.1) is 11.6 Å². The van der Waals surface area contributed by atoms with E-state index >= 15 is 0 Å². The van der Waals surface area contributed by atoms with Crippen LogP contribution in [-0.2, 0) is 25.7 Å². The number of hydrogen-bond donors (Lipinski definition) is 0. The van der Waals surface area contributed by atoms with Crippen molar-refractivity contribution in [1.29, 1.82) is 0 Å². The average Bonchev–Trinajstić information content (AvgIpc) is 3.10. The molecule has 0 aromatic heterocycles. The molecule has 0 spiro atoms. The summed E-state index contributed by atoms with van der Waals surface area (Å²) in [6, 6.07) is 9.53. The molecule has 0 radical (unpaired) electrons. The van der Waals surface area contributed by atoms with Crippen LogP contribution >= 0.6 is 11.6 Å². The van der Waals surface area contributed by atoms with Crippen LogP contribution in [0.15, 0.2) is 30.3 Å². The summed E-state index contributed by atoms with van der Waals surface area (Å²) in [6.07, 6.45) is 5.18. The largest absolute Gasteiger partial charge is 0.461 e. The van der Waals surface area contributed by atoms with E-state index in [1.807, 2.05) is 37.3 Å². The van der Waals surface area contributed by atoms with E-state index < -0.39 is 23.5 Å². The minimum absolute atomic E-state index is 0.0326. The van der Waals surface area contributed by atoms with E-state index in [2.05, 4.69) is 0 Å². The van der Waals surface area contributed by atoms with Crippen LogP contribution in [0.5, 0.6) is 0 Å². The maximum absolute atomic E-state index is 14.2. The molecule has 1 saturated carbocycles. The van der Waals surface area contributed by atoms with Gasteiger partial charge in [-0.05, 0) is 43.1 Å². The lowest BCUT2D eigenvalue weighted by atomic mass is 9.82. The summed E-state index contributed by atoms with van der Waals surface area (Å²) in [5, 5.41) is -1.27. The van der Waals surface area contributed by atoms with E-state index in [1.54, 1.807) is 6.92 Å². The molecule has 35 heavy (non-hydrogen) atoms. The minimum Gasteiger partial charge on any atom is -0.461 e. The highest BCUT2D eigenvalue weighted by Gasteiger charge is 2.46. The van der Waals surface area contributed by atoms with Gasteiger partial charge in [0.2, 0.25) is 5.78 Å². The molecule has 1 aliphatic rings. The Morgan fingerprint density at radius 1 is 1.11 bits per heavy atom. The van der Waals surface area contributed by atoms with Crippen molar-refractivity contribution in [2.45, 2.75) is 102 Å². The van der Waals surface area contributed by atoms with E-state index in [4.69, 9.17) is 16.3 Å². The molecule has 0 N–H and O–H groups in total. The van der Waals surface area contributed by atoms with Gasteiger partial charge in [0, 0.05) is 25.2 Å². The van der Waals surface area contributed by atoms with E-state index in [1.165, 1.54) is 0 Å². The van der Waals surface area contributed by atoms with Crippen LogP contribution in [0, 0.1) is 17.8 Å². The number of carbonyl (C=O) groups is 3. The molecule has 0 aliphatic heterocycles. The minimum atomic E-state index is -3.41. The molecule has 1 fully saturated rings. The third kappa shape index (κ3) is 9.63. The maximum atomic E-state index is 14.2. The summed E-state index contributed by atoms with van der Waals surface area (Å²) < 4.78 is 33.6. The van der Waals surface area contributed by atoms with Gasteiger partial charge in [-0.25, -0.2) is 0 Å². The highest BCUT2D eigenvalue weighted by atomic mass is 35.5. The van der Waals surface area contributed by atoms with Crippen molar-refractivity contribution in [2.24, 2.45) is 17.8 Å². The first-order valence-corrected chi connectivity index (χ1v) is 13.4. The molecule has 4 nitrogen and oxygen atoms in total. The van der Waals surface area contributed by atoms with Crippen LogP contribution in [0.1, 0.15) is 90.0 Å². The van der Waals surface area contributed by atoms with Crippen LogP contribution in [-0.4, -0.2) is 28.8 Å². The standard InChI is InChI=1S/C28H39ClF2O4/c1-3-4-16-28(30,31)27(34)24(29)18-23-20(2)17-25(32)22(23)14-10-5-6-11-15-26(33)35-19-21-12-8-7-9-13-21/h7-9,12-13,20,22-24H,3-6,10-11,14-19H2,1-2H3/t20-,22-,23+,24?/m1/s1. The van der Waals surface area contributed by atoms with Crippen LogP contribution in [0.4, 0.5) is 8.78 Å². The molecule has 0 bridgehead atoms. The normalized spacial score (nSPS) is 21.2. The van der Waals surface area contributed by atoms with Crippen molar-refractivity contribution >= 4 is 29.1 Å². The van der Waals surface area contributed by atoms with Crippen molar-refractivity contribution in [2.75, 3.05) is 0 Å². The Morgan fingerprint density at radius 2 is 1.80 bits per heavy atom. The first-order valence-electron chi connectivity index (χ1n) is 12.9. The van der Waals surface area contributed by atoms with Gasteiger partial charge in [0.1, 0.15) is 12.4 Å². The molecule has 4 atom stereocenters. The molecule has 1 unspecified atom stereocenters. The SMILES string of the molecule is CCCCC(F)(F)C(=O)C(Cl)C[C@H]1[C@H](C)CC(=O)[C@@H]1CCCCCCC(=O)OCc1ccccc1. The lowest BCUT2D eigenvalue weighted by molar-refractivity contribution is -0.145. The predicted octanol–water partition coefficient (Wildman–Crippen LogP) is 7.30. The van der Waals surface area contributed by atoms with Gasteiger partial charge >= 0.3 is 11.9 Å². The lowest BCUT2D eigenvalue weighted by Gasteiger charge is -2.25. The van der Waals surface area contributed by atoms with Crippen molar-refractivity contribution in [3.05, 3.63) is 35.9 Å². The van der Waals surface area contributed by atoms with Crippen molar-refractivity contribution in [3.8, 4) is 0 Å². The Kier molecular flexibility index (Phi) is 12.3. The topological polar surface area (TPSA) is 60.4 Å². The van der Waals surface area contributed by atoms with E-state index in [9.17, 15) is 23.2 Å². The zero-order valence-corrected chi connectivity index (χ0v) is 21.7. The summed E-state index contributed by atoms with van der Waals surface area (Å²) in [5.41, 5.74) is 0.955. The molecule has 0 heterocycles. The number of hydrogen-bond acceptors (Lipinski definition) is 4. The quantitative estimate of drug-likeness (QED) is 0.132. The molecule has 1 aliphatic carbocycles. The van der Waals surface area contributed by atoms with E-state index in [-0.39, 0.29) is 49.0 Å². The van der Waals surface area contributed by atoms with E-state index in [0.717, 1.165) is 31.2 Å². The molecule has 196 valence electrons. The number of ketones is 2. The Balaban J connectivity index is 1.71. The number of Topliss-reactive ketones (excluding diaryl/α,β-unsaturated/α-hetero) is 2. The van der Waals surface area contributed by atoms with Gasteiger partial charge in [-0.3, -0.25) is 14.4 Å². The van der Waals surface area contributed by atoms with Gasteiger partial charge in [0.25, 0.3) is 0 Å². The number of unbranched alkanes of at least 4 members (excludes halogenated alkanes) is 4. The van der Waals surface area contributed by atoms with Gasteiger partial charge in [0.15, 0.2) is 0 Å². The van der Waals surface area contributed by atoms with Gasteiger partial charge in [-0.1, -0.05) is 69.9 Å². The Labute approximate surface area is 213 Å². The lowest BCUT2D eigenvalue weighted by Crippen LogP contribution is -2.37. The predicted molar refractivity (Wildman–Crippen MR) is 133 cm³/mol. The van der Waals surface area contributed by atoms with Crippen molar-refractivity contribution < 1.29 is 27.9 Å². The number of ether oxygens (including phenoxy) is 1. The van der Waals surface area contributed by atoms with Crippen molar-refractivity contribution in [3.63, 3.8) is 0 Å². The molecular formula is C28H39ClF2O4. The highest BCUT2D eigenvalue weighted by Crippen LogP contribution is 2.42. The smallest absolute Gasteiger partial charge is 0.306 e. The number of halogens is 3. The summed E-state index contributed by atoms with van der Waals surface area (Å²) in [4.78, 5) is 36.7. The fourth-order valence-electron chi connectivity index (χ4n) is 4.92. The van der Waals surface area contributed by atoms with Crippen LogP contribution in [0.3, 0.4) is 0 Å². The second kappa shape index (κ2) is 14.7. The third-order valence-electron chi connectivity index (χ3n) is 7.04. The van der Waals surface area contributed by atoms with Crippen LogP contribution in [0.2, 0.25) is 0 Å². The average molecular weight is 513 g/mol. The zero-order chi connectivity index (χ0) is 25.8. The summed E-state index contributed by atoms with van der Waals surface area (Å²) in [5.74, 6) is -5.06. The molecule has 0 amide bonds. The van der Waals surface area contributed by atoms with Gasteiger partial charge in [-0.2, -0.15) is 8.78 Å². The Hall–Kier alpha value is -1.82. The van der Waals surface area contributed by atoms with E-state index in [0.29, 0.717) is 25.7 Å². The molecule has 2 rings (SSSR count). The van der Waals surface area contributed by atoms with Crippen LogP contribution < -0.4 is 0 Å². The first-order chi connectivity index (χ1) is 16.7. The monoisotopic (exact) mass is 512 g/mol.